The maximum Gasteiger partial charge on any atom is 0.291 e. The molecule has 1 N–H and O–H groups in total. The van der Waals surface area contributed by atoms with E-state index in [0.717, 1.165) is 12.8 Å². The second-order valence-corrected chi connectivity index (χ2v) is 9.13. The molecule has 0 aliphatic heterocycles. The molecule has 138 valence electrons. The summed E-state index contributed by atoms with van der Waals surface area (Å²) >= 11 is 13.2. The molecule has 4 rings (SSSR count). The van der Waals surface area contributed by atoms with Crippen molar-refractivity contribution in [3.8, 4) is 10.8 Å². The van der Waals surface area contributed by atoms with Gasteiger partial charge in [-0.2, -0.15) is 0 Å². The molecule has 26 heavy (non-hydrogen) atoms. The van der Waals surface area contributed by atoms with E-state index in [0.29, 0.717) is 21.7 Å². The monoisotopic (exact) mass is 437 g/mol. The van der Waals surface area contributed by atoms with Gasteiger partial charge in [-0.3, -0.25) is 4.40 Å². The molecule has 0 radical (unpaired) electrons. The number of halogens is 4. The van der Waals surface area contributed by atoms with Gasteiger partial charge in [0, 0.05) is 11.7 Å². The topological polar surface area (TPSA) is 72.2 Å². The van der Waals surface area contributed by atoms with Crippen LogP contribution in [-0.4, -0.2) is 29.3 Å². The third-order valence-electron chi connectivity index (χ3n) is 3.99. The highest BCUT2D eigenvalue weighted by Gasteiger charge is 2.39. The molecule has 3 aromatic rings. The highest BCUT2D eigenvalue weighted by Crippen LogP contribution is 2.37. The summed E-state index contributed by atoms with van der Waals surface area (Å²) in [6, 6.07) is 1.55. The van der Waals surface area contributed by atoms with Crippen molar-refractivity contribution in [1.82, 2.24) is 24.3 Å². The average Bonchev–Trinajstić information content (AvgIpc) is 2.99. The third kappa shape index (κ3) is 3.24. The van der Waals surface area contributed by atoms with Crippen molar-refractivity contribution in [2.24, 2.45) is 0 Å². The Kier molecular flexibility index (Phi) is 4.51. The fourth-order valence-corrected chi connectivity index (χ4v) is 4.91. The lowest BCUT2D eigenvalue weighted by molar-refractivity contribution is 0.150. The van der Waals surface area contributed by atoms with E-state index in [1.54, 1.807) is 12.3 Å². The van der Waals surface area contributed by atoms with Gasteiger partial charge in [-0.05, 0) is 25.8 Å². The number of imidazole rings is 1. The van der Waals surface area contributed by atoms with E-state index in [4.69, 9.17) is 23.2 Å². The van der Waals surface area contributed by atoms with Crippen LogP contribution in [-0.2, 0) is 11.0 Å². The summed E-state index contributed by atoms with van der Waals surface area (Å²) in [7, 11) is -1.49. The molecule has 12 heteroatoms. The van der Waals surface area contributed by atoms with E-state index in [1.165, 1.54) is 4.40 Å². The first-order valence-electron chi connectivity index (χ1n) is 7.46. The molecule has 1 fully saturated rings. The highest BCUT2D eigenvalue weighted by atomic mass is 35.5. The minimum absolute atomic E-state index is 0.0956. The molecule has 1 aliphatic rings. The zero-order valence-corrected chi connectivity index (χ0v) is 16.3. The first-order chi connectivity index (χ1) is 12.3. The van der Waals surface area contributed by atoms with Gasteiger partial charge in [0.2, 0.25) is 0 Å². The molecule has 1 saturated carbocycles. The second-order valence-electron chi connectivity index (χ2n) is 6.15. The van der Waals surface area contributed by atoms with Crippen molar-refractivity contribution >= 4 is 51.0 Å². The molecule has 3 aromatic heterocycles. The molecule has 1 unspecified atom stereocenters. The molecule has 1 atom stereocenters. The van der Waals surface area contributed by atoms with Crippen LogP contribution in [0.1, 0.15) is 31.2 Å². The zero-order valence-electron chi connectivity index (χ0n) is 13.2. The summed E-state index contributed by atoms with van der Waals surface area (Å²) in [5.74, 6) is 0.216. The van der Waals surface area contributed by atoms with Crippen LogP contribution < -0.4 is 4.72 Å². The van der Waals surface area contributed by atoms with Gasteiger partial charge in [-0.1, -0.05) is 34.5 Å². The van der Waals surface area contributed by atoms with Crippen LogP contribution in [0.25, 0.3) is 16.3 Å². The fraction of sp³-hybridized carbons (Fsp3) is 0.357. The molecule has 6 nitrogen and oxygen atoms in total. The largest absolute Gasteiger partial charge is 0.294 e. The van der Waals surface area contributed by atoms with Crippen LogP contribution in [0, 0.1) is 0 Å². The number of fused-ring (bicyclic) bond motifs is 1. The Balaban J connectivity index is 1.82. The Morgan fingerprint density at radius 2 is 2.12 bits per heavy atom. The number of nitrogens with one attached hydrogen (secondary N) is 1. The van der Waals surface area contributed by atoms with Crippen LogP contribution in [0.4, 0.5) is 8.78 Å². The molecular weight excluding hydrogens is 427 g/mol. The number of nitrogens with zero attached hydrogens (tertiary/aromatic N) is 4. The molecule has 1 aliphatic carbocycles. The van der Waals surface area contributed by atoms with E-state index < -0.39 is 22.4 Å². The minimum atomic E-state index is -2.72. The molecule has 0 saturated heterocycles. The van der Waals surface area contributed by atoms with E-state index in [-0.39, 0.29) is 26.5 Å². The van der Waals surface area contributed by atoms with Crippen molar-refractivity contribution in [1.29, 1.82) is 0 Å². The Morgan fingerprint density at radius 3 is 2.73 bits per heavy atom. The first-order valence-corrected chi connectivity index (χ1v) is 10.2. The number of aromatic nitrogens is 4. The standard InChI is InChI=1S/C14H11Cl2F2N5OS2/c1-14(2-3-14)22-26(24)6-4-7(15)8-9(16)19-11(23(8)5-6)13-21-20-12(25-13)10(17)18/h4-5,10,22H,2-3H2,1H3. The molecule has 0 bridgehead atoms. The SMILES string of the molecule is CC1(NS(=O)c2cc(Cl)c3c(Cl)nc(-c4nnc(C(F)F)s4)n3c2)CC1. The van der Waals surface area contributed by atoms with Crippen LogP contribution in [0.3, 0.4) is 0 Å². The maximum absolute atomic E-state index is 12.8. The van der Waals surface area contributed by atoms with Crippen molar-refractivity contribution in [3.05, 3.63) is 27.4 Å². The number of hydrogen-bond donors (Lipinski definition) is 1. The van der Waals surface area contributed by atoms with Crippen molar-refractivity contribution in [3.63, 3.8) is 0 Å². The number of alkyl halides is 2. The minimum Gasteiger partial charge on any atom is -0.294 e. The van der Waals surface area contributed by atoms with E-state index in [1.807, 2.05) is 6.92 Å². The number of hydrogen-bond acceptors (Lipinski definition) is 5. The Hall–Kier alpha value is -1.20. The predicted molar refractivity (Wildman–Crippen MR) is 96.3 cm³/mol. The van der Waals surface area contributed by atoms with E-state index >= 15 is 0 Å². The van der Waals surface area contributed by atoms with Crippen LogP contribution >= 0.6 is 34.5 Å². The van der Waals surface area contributed by atoms with Crippen LogP contribution in [0.15, 0.2) is 17.2 Å². The van der Waals surface area contributed by atoms with Crippen molar-refractivity contribution in [2.45, 2.75) is 36.6 Å². The Labute approximate surface area is 163 Å². The summed E-state index contributed by atoms with van der Waals surface area (Å²) in [5, 5.41) is 7.32. The first kappa shape index (κ1) is 18.2. The highest BCUT2D eigenvalue weighted by molar-refractivity contribution is 7.83. The quantitative estimate of drug-likeness (QED) is 0.646. The van der Waals surface area contributed by atoms with Gasteiger partial charge in [0.05, 0.1) is 9.92 Å². The zero-order chi connectivity index (χ0) is 18.6. The fourth-order valence-electron chi connectivity index (χ4n) is 2.34. The van der Waals surface area contributed by atoms with Gasteiger partial charge in [0.25, 0.3) is 6.43 Å². The van der Waals surface area contributed by atoms with Gasteiger partial charge in [0.15, 0.2) is 21.0 Å². The lowest BCUT2D eigenvalue weighted by Gasteiger charge is -2.11. The van der Waals surface area contributed by atoms with Gasteiger partial charge in [-0.25, -0.2) is 22.7 Å². The van der Waals surface area contributed by atoms with Crippen molar-refractivity contribution in [2.75, 3.05) is 0 Å². The normalized spacial score (nSPS) is 17.2. The van der Waals surface area contributed by atoms with E-state index in [2.05, 4.69) is 19.9 Å². The summed E-state index contributed by atoms with van der Waals surface area (Å²) in [6.07, 6.45) is 0.724. The summed E-state index contributed by atoms with van der Waals surface area (Å²) in [6.45, 7) is 1.98. The molecular formula is C14H11Cl2F2N5OS2. The lowest BCUT2D eigenvalue weighted by atomic mass is 10.4. The molecule has 0 aromatic carbocycles. The molecule has 3 heterocycles. The predicted octanol–water partition coefficient (Wildman–Crippen LogP) is 4.26. The summed E-state index contributed by atoms with van der Waals surface area (Å²) < 4.78 is 42.7. The number of rotatable bonds is 5. The van der Waals surface area contributed by atoms with Crippen LogP contribution in [0.5, 0.6) is 0 Å². The van der Waals surface area contributed by atoms with Crippen LogP contribution in [0.2, 0.25) is 10.2 Å². The Bertz CT molecular complexity index is 1030. The van der Waals surface area contributed by atoms with Gasteiger partial charge < -0.3 is 0 Å². The van der Waals surface area contributed by atoms with E-state index in [9.17, 15) is 13.0 Å². The average molecular weight is 438 g/mol. The van der Waals surface area contributed by atoms with Gasteiger partial charge in [0.1, 0.15) is 16.5 Å². The van der Waals surface area contributed by atoms with Gasteiger partial charge in [-0.15, -0.1) is 10.2 Å². The number of pyridine rings is 1. The summed E-state index contributed by atoms with van der Waals surface area (Å²) in [4.78, 5) is 4.59. The van der Waals surface area contributed by atoms with Crippen molar-refractivity contribution < 1.29 is 13.0 Å². The lowest BCUT2D eigenvalue weighted by Crippen LogP contribution is -2.29. The molecule has 0 spiro atoms. The second kappa shape index (κ2) is 6.45. The van der Waals surface area contributed by atoms with Gasteiger partial charge >= 0.3 is 0 Å². The third-order valence-corrected chi connectivity index (χ3v) is 6.80. The smallest absolute Gasteiger partial charge is 0.291 e. The Morgan fingerprint density at radius 1 is 1.38 bits per heavy atom. The summed E-state index contributed by atoms with van der Waals surface area (Å²) in [5.41, 5.74) is 0.239. The molecule has 0 amide bonds. The maximum atomic E-state index is 12.8.